The molecular formula is C26H29N3O. The minimum Gasteiger partial charge on any atom is -0.494 e. The summed E-state index contributed by atoms with van der Waals surface area (Å²) in [5.74, 6) is 1.09. The van der Waals surface area contributed by atoms with E-state index in [1.54, 1.807) is 0 Å². The summed E-state index contributed by atoms with van der Waals surface area (Å²) >= 11 is 0. The van der Waals surface area contributed by atoms with Gasteiger partial charge in [-0.1, -0.05) is 69.5 Å². The van der Waals surface area contributed by atoms with Crippen LogP contribution in [0.3, 0.4) is 0 Å². The Bertz CT molecular complexity index is 1000. The van der Waals surface area contributed by atoms with E-state index in [4.69, 9.17) is 10.5 Å². The summed E-state index contributed by atoms with van der Waals surface area (Å²) in [5, 5.41) is 9.64. The van der Waals surface area contributed by atoms with Crippen LogP contribution in [0.15, 0.2) is 54.6 Å². The molecule has 0 unspecified atom stereocenters. The maximum atomic E-state index is 9.64. The third-order valence-corrected chi connectivity index (χ3v) is 5.25. The van der Waals surface area contributed by atoms with E-state index in [0.29, 0.717) is 5.56 Å². The number of nitrogens with two attached hydrogens (primary N) is 1. The number of anilines is 1. The van der Waals surface area contributed by atoms with Crippen LogP contribution >= 0.6 is 0 Å². The molecule has 3 aromatic rings. The lowest BCUT2D eigenvalue weighted by molar-refractivity contribution is 0.305. The van der Waals surface area contributed by atoms with Crippen LogP contribution in [0.1, 0.15) is 50.7 Å². The first kappa shape index (κ1) is 21.4. The summed E-state index contributed by atoms with van der Waals surface area (Å²) in [4.78, 5) is 4.47. The second-order valence-corrected chi connectivity index (χ2v) is 7.41. The van der Waals surface area contributed by atoms with Gasteiger partial charge in [-0.3, -0.25) is 0 Å². The van der Waals surface area contributed by atoms with Gasteiger partial charge in [0.15, 0.2) is 0 Å². The molecule has 154 valence electrons. The predicted octanol–water partition coefficient (Wildman–Crippen LogP) is 6.39. The number of unbranched alkanes of at least 4 members (excludes halogenated alkanes) is 3. The zero-order chi connectivity index (χ0) is 21.3. The molecule has 1 aromatic heterocycles. The lowest BCUT2D eigenvalue weighted by Crippen LogP contribution is -2.00. The number of pyridine rings is 1. The lowest BCUT2D eigenvalue weighted by Gasteiger charge is -2.12. The number of aromatic nitrogens is 1. The molecule has 0 aliphatic carbocycles. The topological polar surface area (TPSA) is 71.9 Å². The van der Waals surface area contributed by atoms with E-state index in [-0.39, 0.29) is 5.82 Å². The van der Waals surface area contributed by atoms with Crippen LogP contribution in [0.4, 0.5) is 5.82 Å². The van der Waals surface area contributed by atoms with Gasteiger partial charge in [-0.25, -0.2) is 4.98 Å². The van der Waals surface area contributed by atoms with Gasteiger partial charge in [-0.15, -0.1) is 0 Å². The third kappa shape index (κ3) is 5.18. The van der Waals surface area contributed by atoms with Gasteiger partial charge in [0.2, 0.25) is 0 Å². The molecular weight excluding hydrogens is 370 g/mol. The van der Waals surface area contributed by atoms with Crippen LogP contribution in [0, 0.1) is 11.3 Å². The molecule has 0 saturated carbocycles. The predicted molar refractivity (Wildman–Crippen MR) is 123 cm³/mol. The van der Waals surface area contributed by atoms with Crippen LogP contribution < -0.4 is 10.5 Å². The molecule has 4 heteroatoms. The molecule has 0 fully saturated rings. The molecule has 30 heavy (non-hydrogen) atoms. The molecule has 0 atom stereocenters. The van der Waals surface area contributed by atoms with E-state index >= 15 is 0 Å². The molecule has 2 N–H and O–H groups in total. The Labute approximate surface area is 179 Å². The monoisotopic (exact) mass is 399 g/mol. The average Bonchev–Trinajstić information content (AvgIpc) is 2.79. The first-order chi connectivity index (χ1) is 14.7. The zero-order valence-electron chi connectivity index (χ0n) is 17.8. The second kappa shape index (κ2) is 10.5. The van der Waals surface area contributed by atoms with Crippen LogP contribution in [0.2, 0.25) is 0 Å². The summed E-state index contributed by atoms with van der Waals surface area (Å²) in [6.07, 6.45) is 5.71. The molecule has 0 amide bonds. The van der Waals surface area contributed by atoms with Gasteiger partial charge in [0, 0.05) is 11.1 Å². The van der Waals surface area contributed by atoms with Gasteiger partial charge in [-0.05, 0) is 42.2 Å². The number of hydrogen-bond acceptors (Lipinski definition) is 4. The number of benzene rings is 2. The highest BCUT2D eigenvalue weighted by Gasteiger charge is 2.13. The maximum Gasteiger partial charge on any atom is 0.142 e. The Morgan fingerprint density at radius 2 is 1.63 bits per heavy atom. The standard InChI is InChI=1S/C26H29N3O/c1-3-5-6-7-16-30-22-14-12-20(13-15-22)23-17-25(29-26(28)24(23)18-27)21-10-8-19(4-2)9-11-21/h8-15,17H,3-7,16H2,1-2H3,(H2,28,29). The Morgan fingerprint density at radius 1 is 0.933 bits per heavy atom. The minimum atomic E-state index is 0.251. The summed E-state index contributed by atoms with van der Waals surface area (Å²) in [5.41, 5.74) is 11.3. The fourth-order valence-electron chi connectivity index (χ4n) is 3.42. The highest BCUT2D eigenvalue weighted by Crippen LogP contribution is 2.32. The van der Waals surface area contributed by atoms with Crippen LogP contribution in [-0.2, 0) is 6.42 Å². The Morgan fingerprint density at radius 3 is 2.27 bits per heavy atom. The zero-order valence-corrected chi connectivity index (χ0v) is 17.8. The summed E-state index contributed by atoms with van der Waals surface area (Å²) in [6, 6.07) is 20.3. The van der Waals surface area contributed by atoms with Crippen molar-refractivity contribution in [3.05, 3.63) is 65.7 Å². The molecule has 0 spiro atoms. The normalized spacial score (nSPS) is 10.6. The third-order valence-electron chi connectivity index (χ3n) is 5.25. The molecule has 1 heterocycles. The van der Waals surface area contributed by atoms with Crippen LogP contribution in [0.25, 0.3) is 22.4 Å². The smallest absolute Gasteiger partial charge is 0.142 e. The van der Waals surface area contributed by atoms with E-state index in [9.17, 15) is 5.26 Å². The number of nitrogen functional groups attached to an aromatic ring is 1. The fraction of sp³-hybridized carbons (Fsp3) is 0.308. The van der Waals surface area contributed by atoms with Gasteiger partial charge in [0.05, 0.1) is 12.3 Å². The number of aryl methyl sites for hydroxylation is 1. The van der Waals surface area contributed by atoms with Gasteiger partial charge in [0.25, 0.3) is 0 Å². The molecule has 2 aromatic carbocycles. The first-order valence-corrected chi connectivity index (χ1v) is 10.7. The van der Waals surface area contributed by atoms with Crippen molar-refractivity contribution in [2.75, 3.05) is 12.3 Å². The van der Waals surface area contributed by atoms with Gasteiger partial charge >= 0.3 is 0 Å². The summed E-state index contributed by atoms with van der Waals surface area (Å²) in [7, 11) is 0. The number of hydrogen-bond donors (Lipinski definition) is 1. The van der Waals surface area contributed by atoms with Crippen LogP contribution in [0.5, 0.6) is 5.75 Å². The molecule has 0 aliphatic rings. The van der Waals surface area contributed by atoms with E-state index in [1.165, 1.54) is 24.8 Å². The molecule has 0 saturated heterocycles. The molecule has 0 bridgehead atoms. The van der Waals surface area contributed by atoms with Crippen molar-refractivity contribution in [1.29, 1.82) is 5.26 Å². The van der Waals surface area contributed by atoms with Gasteiger partial charge in [-0.2, -0.15) is 5.26 Å². The van der Waals surface area contributed by atoms with Crippen molar-refractivity contribution in [3.8, 4) is 34.2 Å². The van der Waals surface area contributed by atoms with Crippen molar-refractivity contribution in [2.45, 2.75) is 46.0 Å². The first-order valence-electron chi connectivity index (χ1n) is 10.7. The number of ether oxygens (including phenoxy) is 1. The highest BCUT2D eigenvalue weighted by atomic mass is 16.5. The van der Waals surface area contributed by atoms with Crippen molar-refractivity contribution in [1.82, 2.24) is 4.98 Å². The molecule has 4 nitrogen and oxygen atoms in total. The quantitative estimate of drug-likeness (QED) is 0.423. The van der Waals surface area contributed by atoms with E-state index in [2.05, 4.69) is 37.0 Å². The SMILES string of the molecule is CCCCCCOc1ccc(-c2cc(-c3ccc(CC)cc3)nc(N)c2C#N)cc1. The highest BCUT2D eigenvalue weighted by molar-refractivity contribution is 5.80. The van der Waals surface area contributed by atoms with Crippen LogP contribution in [-0.4, -0.2) is 11.6 Å². The van der Waals surface area contributed by atoms with Crippen molar-refractivity contribution >= 4 is 5.82 Å². The Balaban J connectivity index is 1.85. The van der Waals surface area contributed by atoms with E-state index < -0.39 is 0 Å². The van der Waals surface area contributed by atoms with Crippen molar-refractivity contribution in [2.24, 2.45) is 0 Å². The number of nitriles is 1. The van der Waals surface area contributed by atoms with Gasteiger partial charge in [0.1, 0.15) is 23.2 Å². The minimum absolute atomic E-state index is 0.251. The average molecular weight is 400 g/mol. The maximum absolute atomic E-state index is 9.64. The molecule has 3 rings (SSSR count). The van der Waals surface area contributed by atoms with Crippen molar-refractivity contribution in [3.63, 3.8) is 0 Å². The second-order valence-electron chi connectivity index (χ2n) is 7.41. The van der Waals surface area contributed by atoms with Crippen molar-refractivity contribution < 1.29 is 4.74 Å². The molecule has 0 radical (unpaired) electrons. The largest absolute Gasteiger partial charge is 0.494 e. The number of rotatable bonds is 9. The Kier molecular flexibility index (Phi) is 7.45. The fourth-order valence-corrected chi connectivity index (χ4v) is 3.42. The van der Waals surface area contributed by atoms with E-state index in [0.717, 1.165) is 47.6 Å². The number of nitrogens with zero attached hydrogens (tertiary/aromatic N) is 2. The van der Waals surface area contributed by atoms with E-state index in [1.807, 2.05) is 42.5 Å². The molecule has 0 aliphatic heterocycles. The summed E-state index contributed by atoms with van der Waals surface area (Å²) < 4.78 is 5.84. The Hall–Kier alpha value is -3.32. The lowest BCUT2D eigenvalue weighted by atomic mass is 9.98. The summed E-state index contributed by atoms with van der Waals surface area (Å²) in [6.45, 7) is 5.05. The van der Waals surface area contributed by atoms with Gasteiger partial charge < -0.3 is 10.5 Å².